The first-order valence-corrected chi connectivity index (χ1v) is 6.33. The third-order valence-electron chi connectivity index (χ3n) is 2.60. The first-order chi connectivity index (χ1) is 8.26. The molecule has 90 valence electrons. The van der Waals surface area contributed by atoms with Gasteiger partial charge in [-0.1, -0.05) is 30.4 Å². The minimum absolute atomic E-state index is 0.188. The van der Waals surface area contributed by atoms with E-state index in [1.54, 1.807) is 18.2 Å². The number of aromatic nitrogens is 2. The van der Waals surface area contributed by atoms with Crippen molar-refractivity contribution in [3.05, 3.63) is 35.1 Å². The van der Waals surface area contributed by atoms with Gasteiger partial charge in [0.1, 0.15) is 10.8 Å². The zero-order chi connectivity index (χ0) is 12.3. The quantitative estimate of drug-likeness (QED) is 0.907. The lowest BCUT2D eigenvalue weighted by Gasteiger charge is -2.08. The third kappa shape index (κ3) is 2.50. The molecule has 1 heterocycles. The Balaban J connectivity index is 2.33. The summed E-state index contributed by atoms with van der Waals surface area (Å²) in [5.41, 5.74) is 0.516. The van der Waals surface area contributed by atoms with Crippen LogP contribution >= 0.6 is 11.3 Å². The van der Waals surface area contributed by atoms with E-state index in [-0.39, 0.29) is 11.9 Å². The zero-order valence-electron chi connectivity index (χ0n) is 9.77. The predicted molar refractivity (Wildman–Crippen MR) is 67.4 cm³/mol. The Kier molecular flexibility index (Phi) is 3.81. The molecular weight excluding hydrogens is 237 g/mol. The average molecular weight is 251 g/mol. The highest BCUT2D eigenvalue weighted by Crippen LogP contribution is 2.29. The van der Waals surface area contributed by atoms with E-state index in [4.69, 9.17) is 0 Å². The van der Waals surface area contributed by atoms with E-state index < -0.39 is 0 Å². The first-order valence-electron chi connectivity index (χ1n) is 5.51. The van der Waals surface area contributed by atoms with Crippen molar-refractivity contribution in [2.75, 3.05) is 7.05 Å². The van der Waals surface area contributed by atoms with E-state index in [1.807, 2.05) is 7.05 Å². The lowest BCUT2D eigenvalue weighted by atomic mass is 10.2. The molecule has 0 amide bonds. The molecule has 0 aliphatic carbocycles. The molecule has 5 heteroatoms. The Morgan fingerprint density at radius 2 is 2.12 bits per heavy atom. The van der Waals surface area contributed by atoms with Gasteiger partial charge in [-0.2, -0.15) is 0 Å². The fourth-order valence-corrected chi connectivity index (χ4v) is 2.68. The molecule has 3 nitrogen and oxygen atoms in total. The van der Waals surface area contributed by atoms with Crippen LogP contribution in [0.2, 0.25) is 0 Å². The van der Waals surface area contributed by atoms with Gasteiger partial charge in [0.25, 0.3) is 0 Å². The molecule has 1 unspecified atom stereocenters. The fraction of sp³-hybridized carbons (Fsp3) is 0.333. The summed E-state index contributed by atoms with van der Waals surface area (Å²) in [6.45, 7) is 2.07. The minimum atomic E-state index is -0.257. The van der Waals surface area contributed by atoms with Crippen molar-refractivity contribution in [3.63, 3.8) is 0 Å². The van der Waals surface area contributed by atoms with E-state index in [2.05, 4.69) is 22.4 Å². The van der Waals surface area contributed by atoms with Gasteiger partial charge in [0.05, 0.1) is 6.04 Å². The van der Waals surface area contributed by atoms with Crippen LogP contribution < -0.4 is 5.32 Å². The largest absolute Gasteiger partial charge is 0.311 e. The molecule has 0 fully saturated rings. The molecule has 1 aromatic heterocycles. The zero-order valence-corrected chi connectivity index (χ0v) is 10.6. The lowest BCUT2D eigenvalue weighted by molar-refractivity contribution is 0.568. The molecule has 1 aromatic carbocycles. The Labute approximate surface area is 104 Å². The van der Waals surface area contributed by atoms with Gasteiger partial charge in [-0.05, 0) is 25.6 Å². The highest BCUT2D eigenvalue weighted by molar-refractivity contribution is 7.14. The topological polar surface area (TPSA) is 37.8 Å². The van der Waals surface area contributed by atoms with Gasteiger partial charge in [-0.3, -0.25) is 0 Å². The molecule has 2 aromatic rings. The standard InChI is InChI=1S/C12H14FN3S/c1-3-10(14-2)12-16-15-11(17-12)8-6-4-5-7-9(8)13/h4-7,10,14H,3H2,1-2H3. The van der Waals surface area contributed by atoms with Gasteiger partial charge in [0, 0.05) is 5.56 Å². The van der Waals surface area contributed by atoms with Gasteiger partial charge in [0.15, 0.2) is 5.01 Å². The molecule has 0 saturated heterocycles. The second kappa shape index (κ2) is 5.33. The van der Waals surface area contributed by atoms with Crippen molar-refractivity contribution in [1.82, 2.24) is 15.5 Å². The van der Waals surface area contributed by atoms with Gasteiger partial charge in [-0.15, -0.1) is 10.2 Å². The average Bonchev–Trinajstić information content (AvgIpc) is 2.81. The summed E-state index contributed by atoms with van der Waals surface area (Å²) in [5, 5.41) is 12.9. The van der Waals surface area contributed by atoms with Crippen molar-refractivity contribution in [1.29, 1.82) is 0 Å². The molecule has 0 bridgehead atoms. The summed E-state index contributed by atoms with van der Waals surface area (Å²) >= 11 is 1.43. The molecule has 1 atom stereocenters. The van der Waals surface area contributed by atoms with E-state index in [1.165, 1.54) is 17.4 Å². The molecular formula is C12H14FN3S. The molecule has 0 aliphatic heterocycles. The second-order valence-corrected chi connectivity index (χ2v) is 4.68. The van der Waals surface area contributed by atoms with Crippen molar-refractivity contribution in [2.45, 2.75) is 19.4 Å². The number of nitrogens with one attached hydrogen (secondary N) is 1. The van der Waals surface area contributed by atoms with Gasteiger partial charge in [0.2, 0.25) is 0 Å². The molecule has 0 aliphatic rings. The number of benzene rings is 1. The van der Waals surface area contributed by atoms with Crippen molar-refractivity contribution in [3.8, 4) is 10.6 Å². The van der Waals surface area contributed by atoms with Crippen LogP contribution in [0.3, 0.4) is 0 Å². The van der Waals surface area contributed by atoms with Crippen LogP contribution in [0.4, 0.5) is 4.39 Å². The second-order valence-electron chi connectivity index (χ2n) is 3.67. The Hall–Kier alpha value is -1.33. The van der Waals surface area contributed by atoms with Gasteiger partial charge < -0.3 is 5.32 Å². The van der Waals surface area contributed by atoms with E-state index in [0.29, 0.717) is 10.6 Å². The smallest absolute Gasteiger partial charge is 0.150 e. The number of hydrogen-bond donors (Lipinski definition) is 1. The van der Waals surface area contributed by atoms with Crippen LogP contribution in [0.25, 0.3) is 10.6 Å². The summed E-state index contributed by atoms with van der Waals surface area (Å²) in [7, 11) is 1.89. The molecule has 0 spiro atoms. The maximum atomic E-state index is 13.6. The van der Waals surface area contributed by atoms with Gasteiger partial charge >= 0.3 is 0 Å². The normalized spacial score (nSPS) is 12.6. The lowest BCUT2D eigenvalue weighted by Crippen LogP contribution is -2.14. The maximum Gasteiger partial charge on any atom is 0.150 e. The van der Waals surface area contributed by atoms with Crippen molar-refractivity contribution < 1.29 is 4.39 Å². The summed E-state index contributed by atoms with van der Waals surface area (Å²) in [5.74, 6) is -0.257. The van der Waals surface area contributed by atoms with E-state index in [9.17, 15) is 4.39 Å². The first kappa shape index (κ1) is 12.1. The highest BCUT2D eigenvalue weighted by atomic mass is 32.1. The monoisotopic (exact) mass is 251 g/mol. The highest BCUT2D eigenvalue weighted by Gasteiger charge is 2.15. The number of halogens is 1. The van der Waals surface area contributed by atoms with Crippen molar-refractivity contribution >= 4 is 11.3 Å². The van der Waals surface area contributed by atoms with Crippen LogP contribution in [0.15, 0.2) is 24.3 Å². The van der Waals surface area contributed by atoms with E-state index in [0.717, 1.165) is 11.4 Å². The third-order valence-corrected chi connectivity index (χ3v) is 3.67. The van der Waals surface area contributed by atoms with Gasteiger partial charge in [-0.25, -0.2) is 4.39 Å². The number of nitrogens with zero attached hydrogens (tertiary/aromatic N) is 2. The molecule has 17 heavy (non-hydrogen) atoms. The summed E-state index contributed by atoms with van der Waals surface area (Å²) in [6.07, 6.45) is 0.933. The minimum Gasteiger partial charge on any atom is -0.311 e. The van der Waals surface area contributed by atoms with Crippen LogP contribution in [-0.2, 0) is 0 Å². The number of hydrogen-bond acceptors (Lipinski definition) is 4. The molecule has 1 N–H and O–H groups in total. The molecule has 2 rings (SSSR count). The van der Waals surface area contributed by atoms with Crippen molar-refractivity contribution in [2.24, 2.45) is 0 Å². The predicted octanol–water partition coefficient (Wildman–Crippen LogP) is 3.01. The fourth-order valence-electron chi connectivity index (χ4n) is 1.62. The SMILES string of the molecule is CCC(NC)c1nnc(-c2ccccc2F)s1. The van der Waals surface area contributed by atoms with E-state index >= 15 is 0 Å². The molecule has 0 saturated carbocycles. The maximum absolute atomic E-state index is 13.6. The Morgan fingerprint density at radius 3 is 2.76 bits per heavy atom. The van der Waals surface area contributed by atoms with Crippen LogP contribution in [-0.4, -0.2) is 17.2 Å². The summed E-state index contributed by atoms with van der Waals surface area (Å²) < 4.78 is 13.6. The van der Waals surface area contributed by atoms with Crippen LogP contribution in [0.5, 0.6) is 0 Å². The Morgan fingerprint density at radius 1 is 1.35 bits per heavy atom. The Bertz CT molecular complexity index is 494. The number of rotatable bonds is 4. The summed E-state index contributed by atoms with van der Waals surface area (Å²) in [4.78, 5) is 0. The van der Waals surface area contributed by atoms with Crippen LogP contribution in [0, 0.1) is 5.82 Å². The van der Waals surface area contributed by atoms with Crippen LogP contribution in [0.1, 0.15) is 24.4 Å². The summed E-state index contributed by atoms with van der Waals surface area (Å²) in [6, 6.07) is 6.82. The molecule has 0 radical (unpaired) electrons.